The van der Waals surface area contributed by atoms with Crippen LogP contribution in [0.3, 0.4) is 0 Å². The zero-order chi connectivity index (χ0) is 12.0. The monoisotopic (exact) mass is 261 g/mol. The van der Waals surface area contributed by atoms with Gasteiger partial charge in [-0.3, -0.25) is 4.84 Å². The lowest BCUT2D eigenvalue weighted by molar-refractivity contribution is 0.0701. The Morgan fingerprint density at radius 2 is 2.25 bits per heavy atom. The van der Waals surface area contributed by atoms with Gasteiger partial charge >= 0.3 is 5.97 Å². The predicted molar refractivity (Wildman–Crippen MR) is 64.0 cm³/mol. The van der Waals surface area contributed by atoms with E-state index in [0.29, 0.717) is 6.61 Å². The van der Waals surface area contributed by atoms with Gasteiger partial charge in [-0.05, 0) is 30.9 Å². The van der Waals surface area contributed by atoms with E-state index in [2.05, 4.69) is 5.25 Å². The Morgan fingerprint density at radius 1 is 1.56 bits per heavy atom. The van der Waals surface area contributed by atoms with Gasteiger partial charge in [-0.1, -0.05) is 12.1 Å². The van der Waals surface area contributed by atoms with Crippen molar-refractivity contribution in [2.75, 3.05) is 6.61 Å². The van der Waals surface area contributed by atoms with E-state index in [4.69, 9.17) is 21.2 Å². The van der Waals surface area contributed by atoms with Gasteiger partial charge in [0.1, 0.15) is 11.3 Å². The van der Waals surface area contributed by atoms with Gasteiger partial charge in [0, 0.05) is 0 Å². The summed E-state index contributed by atoms with van der Waals surface area (Å²) in [6, 6.07) is 6.11. The van der Waals surface area contributed by atoms with E-state index in [1.54, 1.807) is 19.1 Å². The van der Waals surface area contributed by atoms with E-state index < -0.39 is 13.0 Å². The molecule has 0 aromatic heterocycles. The van der Waals surface area contributed by atoms with E-state index in [1.165, 1.54) is 12.1 Å². The largest absolute Gasteiger partial charge is 0.507 e. The number of aromatic hydroxyl groups is 1. The fraction of sp³-hybridized carbons (Fsp3) is 0.222. The molecule has 0 saturated carbocycles. The molecule has 88 valence electrons. The number of phenolic OH excluding ortho intramolecular Hbond substituents is 1. The summed E-state index contributed by atoms with van der Waals surface area (Å²) in [4.78, 5) is 16.3. The van der Waals surface area contributed by atoms with Crippen molar-refractivity contribution in [3.05, 3.63) is 29.8 Å². The molecule has 0 fully saturated rings. The molecule has 0 saturated heterocycles. The molecule has 0 aliphatic heterocycles. The lowest BCUT2D eigenvalue weighted by Gasteiger charge is -2.08. The maximum absolute atomic E-state index is 11.5. The average Bonchev–Trinajstić information content (AvgIpc) is 2.26. The van der Waals surface area contributed by atoms with Gasteiger partial charge in [0.25, 0.3) is 0 Å². The third kappa shape index (κ3) is 3.90. The quantitative estimate of drug-likeness (QED) is 0.620. The summed E-state index contributed by atoms with van der Waals surface area (Å²) >= 11 is 4.86. The summed E-state index contributed by atoms with van der Waals surface area (Å²) in [6.45, 7) is 2.21. The molecule has 1 atom stereocenters. The molecule has 1 unspecified atom stereocenters. The van der Waals surface area contributed by atoms with Gasteiger partial charge < -0.3 is 9.63 Å². The SMILES string of the molecule is CCON[PH](=S)OC(=O)c1ccccc1O. The number of phenols is 1. The first-order valence-corrected chi connectivity index (χ1v) is 7.11. The molecule has 0 spiro atoms. The van der Waals surface area contributed by atoms with Crippen molar-refractivity contribution >= 4 is 24.9 Å². The van der Waals surface area contributed by atoms with Gasteiger partial charge in [-0.15, -0.1) is 5.25 Å². The summed E-state index contributed by atoms with van der Waals surface area (Å²) in [5.74, 6) is -0.789. The smallest absolute Gasteiger partial charge is 0.346 e. The maximum Gasteiger partial charge on any atom is 0.346 e. The first-order valence-electron chi connectivity index (χ1n) is 4.57. The van der Waals surface area contributed by atoms with Crippen LogP contribution in [0.4, 0.5) is 0 Å². The molecular formula is C9H12NO4PS. The minimum Gasteiger partial charge on any atom is -0.507 e. The molecule has 0 aliphatic rings. The summed E-state index contributed by atoms with van der Waals surface area (Å²) in [7, 11) is -1.96. The first kappa shape index (κ1) is 13.1. The summed E-state index contributed by atoms with van der Waals surface area (Å²) in [5.41, 5.74) is 0.0909. The van der Waals surface area contributed by atoms with Gasteiger partial charge in [0.15, 0.2) is 7.07 Å². The second-order valence-corrected chi connectivity index (χ2v) is 4.82. The third-order valence-electron chi connectivity index (χ3n) is 1.61. The van der Waals surface area contributed by atoms with Crippen LogP contribution in [-0.4, -0.2) is 17.7 Å². The molecule has 0 bridgehead atoms. The Balaban J connectivity index is 2.59. The number of hydrogen-bond donors (Lipinski definition) is 2. The highest BCUT2D eigenvalue weighted by Gasteiger charge is 2.12. The predicted octanol–water partition coefficient (Wildman–Crippen LogP) is 1.60. The summed E-state index contributed by atoms with van der Waals surface area (Å²) in [5, 5.41) is 11.8. The minimum absolute atomic E-state index is 0.0909. The Kier molecular flexibility index (Phi) is 5.42. The standard InChI is InChI=1S/C9H12NO4PS/c1-2-13-10-15(16)14-9(12)7-5-3-4-6-8(7)11/h3-6,11,15H,2H2,1H3,(H,10,16). The molecule has 2 N–H and O–H groups in total. The first-order chi connectivity index (χ1) is 7.65. The van der Waals surface area contributed by atoms with Crippen molar-refractivity contribution < 1.29 is 19.3 Å². The van der Waals surface area contributed by atoms with E-state index in [-0.39, 0.29) is 11.3 Å². The number of carbonyl (C=O) groups excluding carboxylic acids is 1. The van der Waals surface area contributed by atoms with Crippen LogP contribution in [0, 0.1) is 0 Å². The van der Waals surface area contributed by atoms with Crippen molar-refractivity contribution in [3.8, 4) is 5.75 Å². The van der Waals surface area contributed by atoms with Crippen LogP contribution in [0.1, 0.15) is 17.3 Å². The molecule has 0 aliphatic carbocycles. The second-order valence-electron chi connectivity index (χ2n) is 2.73. The molecular weight excluding hydrogens is 249 g/mol. The van der Waals surface area contributed by atoms with Crippen molar-refractivity contribution in [3.63, 3.8) is 0 Å². The Morgan fingerprint density at radius 3 is 2.88 bits per heavy atom. The third-order valence-corrected chi connectivity index (χ3v) is 2.79. The highest BCUT2D eigenvalue weighted by atomic mass is 32.4. The molecule has 5 nitrogen and oxygen atoms in total. The molecule has 0 amide bonds. The van der Waals surface area contributed by atoms with Crippen molar-refractivity contribution in [1.29, 1.82) is 0 Å². The molecule has 1 rings (SSSR count). The lowest BCUT2D eigenvalue weighted by atomic mass is 10.2. The molecule has 16 heavy (non-hydrogen) atoms. The fourth-order valence-electron chi connectivity index (χ4n) is 0.937. The molecule has 1 aromatic rings. The Hall–Kier alpha value is -0.940. The van der Waals surface area contributed by atoms with E-state index in [1.807, 2.05) is 0 Å². The Bertz CT molecular complexity index is 399. The molecule has 0 radical (unpaired) electrons. The molecule has 1 aromatic carbocycles. The van der Waals surface area contributed by atoms with E-state index in [0.717, 1.165) is 0 Å². The van der Waals surface area contributed by atoms with E-state index >= 15 is 0 Å². The van der Waals surface area contributed by atoms with Crippen LogP contribution in [0.25, 0.3) is 0 Å². The number of hydrogen-bond acceptors (Lipinski definition) is 5. The van der Waals surface area contributed by atoms with Gasteiger partial charge in [0.2, 0.25) is 0 Å². The second kappa shape index (κ2) is 6.60. The number of nitrogens with one attached hydrogen (secondary N) is 1. The fourth-order valence-corrected chi connectivity index (χ4v) is 1.92. The van der Waals surface area contributed by atoms with Crippen LogP contribution in [0.2, 0.25) is 0 Å². The topological polar surface area (TPSA) is 67.8 Å². The van der Waals surface area contributed by atoms with Crippen LogP contribution in [-0.2, 0) is 21.2 Å². The average molecular weight is 261 g/mol. The van der Waals surface area contributed by atoms with Gasteiger partial charge in [-0.2, -0.15) is 0 Å². The lowest BCUT2D eigenvalue weighted by Crippen LogP contribution is -2.09. The van der Waals surface area contributed by atoms with Crippen LogP contribution >= 0.6 is 7.07 Å². The van der Waals surface area contributed by atoms with Gasteiger partial charge in [0.05, 0.1) is 6.61 Å². The van der Waals surface area contributed by atoms with Crippen molar-refractivity contribution in [1.82, 2.24) is 5.25 Å². The number of para-hydroxylation sites is 1. The van der Waals surface area contributed by atoms with E-state index in [9.17, 15) is 9.90 Å². The Labute approximate surface area is 98.9 Å². The highest BCUT2D eigenvalue weighted by Crippen LogP contribution is 2.23. The summed E-state index contributed by atoms with van der Waals surface area (Å²) in [6.07, 6.45) is 0. The molecule has 0 heterocycles. The minimum atomic E-state index is -1.96. The summed E-state index contributed by atoms with van der Waals surface area (Å²) < 4.78 is 4.90. The normalized spacial score (nSPS) is 12.1. The van der Waals surface area contributed by atoms with Crippen LogP contribution in [0.5, 0.6) is 5.75 Å². The van der Waals surface area contributed by atoms with Crippen LogP contribution in [0.15, 0.2) is 24.3 Å². The highest BCUT2D eigenvalue weighted by molar-refractivity contribution is 8.02. The zero-order valence-electron chi connectivity index (χ0n) is 8.60. The number of carbonyl (C=O) groups is 1. The number of rotatable bonds is 5. The van der Waals surface area contributed by atoms with Crippen LogP contribution < -0.4 is 5.25 Å². The van der Waals surface area contributed by atoms with Crippen molar-refractivity contribution in [2.45, 2.75) is 6.92 Å². The zero-order valence-corrected chi connectivity index (χ0v) is 10.4. The maximum atomic E-state index is 11.5. The van der Waals surface area contributed by atoms with Gasteiger partial charge in [-0.25, -0.2) is 4.79 Å². The van der Waals surface area contributed by atoms with Crippen molar-refractivity contribution in [2.24, 2.45) is 0 Å². The molecule has 7 heteroatoms. The number of benzene rings is 1.